The summed E-state index contributed by atoms with van der Waals surface area (Å²) < 4.78 is 26.0. The highest BCUT2D eigenvalue weighted by molar-refractivity contribution is 5.76. The highest BCUT2D eigenvalue weighted by Crippen LogP contribution is 2.13. The number of aryl methyl sites for hydroxylation is 1. The van der Waals surface area contributed by atoms with Crippen molar-refractivity contribution in [3.05, 3.63) is 35.4 Å². The third kappa shape index (κ3) is 4.98. The highest BCUT2D eigenvalue weighted by atomic mass is 19.2. The average Bonchev–Trinajstić information content (AvgIpc) is 2.59. The van der Waals surface area contributed by atoms with Crippen LogP contribution in [-0.4, -0.2) is 59.6 Å². The van der Waals surface area contributed by atoms with Crippen LogP contribution in [0.2, 0.25) is 0 Å². The molecular formula is C18H26F2N2O2. The standard InChI is InChI=1S/C18H26F2N2O2/c1-2-15(13-23)21-8-10-22(11-9-21)18(24)5-3-4-14-6-7-16(19)17(20)12-14/h6-7,12,15,23H,2-5,8-11,13H2,1H3. The molecule has 0 radical (unpaired) electrons. The van der Waals surface area contributed by atoms with E-state index in [0.29, 0.717) is 37.9 Å². The normalized spacial score (nSPS) is 17.1. The molecule has 134 valence electrons. The molecule has 1 aliphatic rings. The maximum Gasteiger partial charge on any atom is 0.222 e. The van der Waals surface area contributed by atoms with Crippen molar-refractivity contribution in [1.29, 1.82) is 0 Å². The van der Waals surface area contributed by atoms with Gasteiger partial charge in [-0.05, 0) is 37.0 Å². The Morgan fingerprint density at radius 2 is 1.92 bits per heavy atom. The van der Waals surface area contributed by atoms with Crippen molar-refractivity contribution in [2.24, 2.45) is 0 Å². The van der Waals surface area contributed by atoms with E-state index in [2.05, 4.69) is 11.8 Å². The van der Waals surface area contributed by atoms with E-state index in [-0.39, 0.29) is 18.6 Å². The number of amides is 1. The quantitative estimate of drug-likeness (QED) is 0.828. The number of aliphatic hydroxyl groups is 1. The Labute approximate surface area is 142 Å². The Bertz CT molecular complexity index is 542. The maximum atomic E-state index is 13.1. The molecule has 1 fully saturated rings. The first-order valence-electron chi connectivity index (χ1n) is 8.61. The van der Waals surface area contributed by atoms with Crippen molar-refractivity contribution in [2.45, 2.75) is 38.6 Å². The lowest BCUT2D eigenvalue weighted by Gasteiger charge is -2.38. The van der Waals surface area contributed by atoms with Crippen LogP contribution in [0.4, 0.5) is 8.78 Å². The fraction of sp³-hybridized carbons (Fsp3) is 0.611. The number of hydrogen-bond acceptors (Lipinski definition) is 3. The average molecular weight is 340 g/mol. The second-order valence-electron chi connectivity index (χ2n) is 6.26. The second-order valence-corrected chi connectivity index (χ2v) is 6.26. The first-order valence-corrected chi connectivity index (χ1v) is 8.61. The topological polar surface area (TPSA) is 43.8 Å². The Hall–Kier alpha value is -1.53. The van der Waals surface area contributed by atoms with Gasteiger partial charge in [-0.2, -0.15) is 0 Å². The molecule has 1 saturated heterocycles. The summed E-state index contributed by atoms with van der Waals surface area (Å²) in [5, 5.41) is 9.34. The fourth-order valence-electron chi connectivity index (χ4n) is 3.14. The summed E-state index contributed by atoms with van der Waals surface area (Å²) in [4.78, 5) is 16.3. The number of rotatable bonds is 7. The fourth-order valence-corrected chi connectivity index (χ4v) is 3.14. The van der Waals surface area contributed by atoms with Crippen LogP contribution in [0.5, 0.6) is 0 Å². The lowest BCUT2D eigenvalue weighted by atomic mass is 10.1. The van der Waals surface area contributed by atoms with E-state index in [4.69, 9.17) is 0 Å². The van der Waals surface area contributed by atoms with Crippen LogP contribution < -0.4 is 0 Å². The van der Waals surface area contributed by atoms with Gasteiger partial charge < -0.3 is 10.0 Å². The monoisotopic (exact) mass is 340 g/mol. The first-order chi connectivity index (χ1) is 11.5. The third-order valence-corrected chi connectivity index (χ3v) is 4.71. The summed E-state index contributed by atoms with van der Waals surface area (Å²) >= 11 is 0. The number of benzene rings is 1. The minimum atomic E-state index is -0.846. The lowest BCUT2D eigenvalue weighted by Crippen LogP contribution is -2.52. The number of nitrogens with zero attached hydrogens (tertiary/aromatic N) is 2. The van der Waals surface area contributed by atoms with Crippen molar-refractivity contribution in [3.8, 4) is 0 Å². The number of carbonyl (C=O) groups is 1. The molecule has 1 aromatic rings. The van der Waals surface area contributed by atoms with Crippen LogP contribution >= 0.6 is 0 Å². The molecule has 4 nitrogen and oxygen atoms in total. The van der Waals surface area contributed by atoms with Crippen LogP contribution in [0, 0.1) is 11.6 Å². The summed E-state index contributed by atoms with van der Waals surface area (Å²) in [5.74, 6) is -1.58. The molecule has 0 spiro atoms. The van der Waals surface area contributed by atoms with E-state index in [1.165, 1.54) is 6.07 Å². The minimum absolute atomic E-state index is 0.106. The van der Waals surface area contributed by atoms with Crippen molar-refractivity contribution in [2.75, 3.05) is 32.8 Å². The second kappa shape index (κ2) is 9.08. The Morgan fingerprint density at radius 3 is 2.50 bits per heavy atom. The van der Waals surface area contributed by atoms with E-state index in [9.17, 15) is 18.7 Å². The van der Waals surface area contributed by atoms with Crippen molar-refractivity contribution < 1.29 is 18.7 Å². The van der Waals surface area contributed by atoms with Crippen LogP contribution in [0.15, 0.2) is 18.2 Å². The summed E-state index contributed by atoms with van der Waals surface area (Å²) in [6, 6.07) is 4.05. The number of hydrogen-bond donors (Lipinski definition) is 1. The van der Waals surface area contributed by atoms with Crippen molar-refractivity contribution in [3.63, 3.8) is 0 Å². The molecule has 1 N–H and O–H groups in total. The van der Waals surface area contributed by atoms with Gasteiger partial charge in [0.25, 0.3) is 0 Å². The summed E-state index contributed by atoms with van der Waals surface area (Å²) in [7, 11) is 0. The zero-order chi connectivity index (χ0) is 17.5. The molecule has 1 aliphatic heterocycles. The van der Waals surface area contributed by atoms with Crippen LogP contribution in [0.3, 0.4) is 0 Å². The zero-order valence-corrected chi connectivity index (χ0v) is 14.2. The van der Waals surface area contributed by atoms with Gasteiger partial charge in [-0.3, -0.25) is 9.69 Å². The predicted octanol–water partition coefficient (Wildman–Crippen LogP) is 2.20. The number of aliphatic hydroxyl groups excluding tert-OH is 1. The summed E-state index contributed by atoms with van der Waals surface area (Å²) in [6.07, 6.45) is 2.50. The Balaban J connectivity index is 1.72. The van der Waals surface area contributed by atoms with Crippen LogP contribution in [0.25, 0.3) is 0 Å². The van der Waals surface area contributed by atoms with Gasteiger partial charge in [0.15, 0.2) is 11.6 Å². The first kappa shape index (κ1) is 18.8. The molecular weight excluding hydrogens is 314 g/mol. The van der Waals surface area contributed by atoms with Crippen LogP contribution in [-0.2, 0) is 11.2 Å². The molecule has 1 unspecified atom stereocenters. The largest absolute Gasteiger partial charge is 0.395 e. The van der Waals surface area contributed by atoms with Gasteiger partial charge in [0.2, 0.25) is 5.91 Å². The SMILES string of the molecule is CCC(CO)N1CCN(C(=O)CCCc2ccc(F)c(F)c2)CC1. The summed E-state index contributed by atoms with van der Waals surface area (Å²) in [5.41, 5.74) is 0.709. The lowest BCUT2D eigenvalue weighted by molar-refractivity contribution is -0.133. The molecule has 2 rings (SSSR count). The van der Waals surface area contributed by atoms with Crippen molar-refractivity contribution >= 4 is 5.91 Å². The molecule has 24 heavy (non-hydrogen) atoms. The number of halogens is 2. The van der Waals surface area contributed by atoms with E-state index in [0.717, 1.165) is 25.6 Å². The van der Waals surface area contributed by atoms with E-state index >= 15 is 0 Å². The van der Waals surface area contributed by atoms with Gasteiger partial charge >= 0.3 is 0 Å². The Kier molecular flexibility index (Phi) is 7.12. The van der Waals surface area contributed by atoms with Gasteiger partial charge in [0.05, 0.1) is 6.61 Å². The minimum Gasteiger partial charge on any atom is -0.395 e. The molecule has 6 heteroatoms. The molecule has 1 atom stereocenters. The zero-order valence-electron chi connectivity index (χ0n) is 14.2. The van der Waals surface area contributed by atoms with Gasteiger partial charge in [0, 0.05) is 38.6 Å². The molecule has 0 aromatic heterocycles. The van der Waals surface area contributed by atoms with Gasteiger partial charge in [-0.1, -0.05) is 13.0 Å². The third-order valence-electron chi connectivity index (χ3n) is 4.71. The van der Waals surface area contributed by atoms with Gasteiger partial charge in [0.1, 0.15) is 0 Å². The molecule has 0 bridgehead atoms. The number of carbonyl (C=O) groups excluding carboxylic acids is 1. The van der Waals surface area contributed by atoms with Gasteiger partial charge in [-0.15, -0.1) is 0 Å². The molecule has 1 amide bonds. The number of piperazine rings is 1. The maximum absolute atomic E-state index is 13.1. The highest BCUT2D eigenvalue weighted by Gasteiger charge is 2.24. The van der Waals surface area contributed by atoms with E-state index < -0.39 is 11.6 Å². The van der Waals surface area contributed by atoms with E-state index in [1.54, 1.807) is 6.07 Å². The molecule has 1 aromatic carbocycles. The van der Waals surface area contributed by atoms with Crippen LogP contribution in [0.1, 0.15) is 31.7 Å². The predicted molar refractivity (Wildman–Crippen MR) is 88.6 cm³/mol. The van der Waals surface area contributed by atoms with E-state index in [1.807, 2.05) is 4.90 Å². The molecule has 0 saturated carbocycles. The smallest absolute Gasteiger partial charge is 0.222 e. The van der Waals surface area contributed by atoms with Gasteiger partial charge in [-0.25, -0.2) is 8.78 Å². The summed E-state index contributed by atoms with van der Waals surface area (Å²) in [6.45, 7) is 5.14. The molecule has 0 aliphatic carbocycles. The molecule has 1 heterocycles. The van der Waals surface area contributed by atoms with Crippen molar-refractivity contribution in [1.82, 2.24) is 9.80 Å². The Morgan fingerprint density at radius 1 is 1.21 bits per heavy atom.